The molecule has 1 saturated heterocycles. The Kier molecular flexibility index (Phi) is 3.59. The predicted octanol–water partition coefficient (Wildman–Crippen LogP) is 1.98. The third-order valence-electron chi connectivity index (χ3n) is 3.12. The highest BCUT2D eigenvalue weighted by atomic mass is 16.3. The van der Waals surface area contributed by atoms with Crippen LogP contribution in [0.4, 0.5) is 5.69 Å². The number of rotatable bonds is 3. The summed E-state index contributed by atoms with van der Waals surface area (Å²) >= 11 is 0. The number of hydrogen-bond acceptors (Lipinski definition) is 2. The van der Waals surface area contributed by atoms with E-state index in [1.807, 2.05) is 37.3 Å². The summed E-state index contributed by atoms with van der Waals surface area (Å²) in [6, 6.07) is 9.59. The smallest absolute Gasteiger partial charge is 0.233 e. The highest BCUT2D eigenvalue weighted by Gasteiger charge is 2.36. The van der Waals surface area contributed by atoms with Crippen molar-refractivity contribution in [1.29, 1.82) is 0 Å². The fraction of sp³-hybridized carbons (Fsp3) is 0.357. The Morgan fingerprint density at radius 2 is 2.12 bits per heavy atom. The zero-order valence-electron chi connectivity index (χ0n) is 9.91. The lowest BCUT2D eigenvalue weighted by atomic mass is 10.0. The summed E-state index contributed by atoms with van der Waals surface area (Å²) in [5.41, 5.74) is 0.910. The molecule has 2 atom stereocenters. The van der Waals surface area contributed by atoms with Gasteiger partial charge in [0.2, 0.25) is 5.91 Å². The number of allylic oxidation sites excluding steroid dienone is 1. The van der Waals surface area contributed by atoms with Crippen LogP contribution in [-0.2, 0) is 4.79 Å². The first-order valence-corrected chi connectivity index (χ1v) is 5.91. The quantitative estimate of drug-likeness (QED) is 0.808. The summed E-state index contributed by atoms with van der Waals surface area (Å²) in [6.07, 6.45) is 3.50. The van der Waals surface area contributed by atoms with Gasteiger partial charge in [-0.1, -0.05) is 30.4 Å². The van der Waals surface area contributed by atoms with E-state index in [4.69, 9.17) is 0 Å². The number of anilines is 1. The van der Waals surface area contributed by atoms with E-state index in [1.54, 1.807) is 17.1 Å². The minimum absolute atomic E-state index is 0.0156. The van der Waals surface area contributed by atoms with Crippen LogP contribution >= 0.6 is 0 Å². The number of carbonyl (C=O) groups is 1. The first-order valence-electron chi connectivity index (χ1n) is 5.91. The summed E-state index contributed by atoms with van der Waals surface area (Å²) in [6.45, 7) is 2.53. The number of amides is 1. The first-order chi connectivity index (χ1) is 8.24. The summed E-state index contributed by atoms with van der Waals surface area (Å²) in [5.74, 6) is -0.284. The van der Waals surface area contributed by atoms with Gasteiger partial charge in [-0.3, -0.25) is 4.79 Å². The van der Waals surface area contributed by atoms with Crippen molar-refractivity contribution >= 4 is 11.6 Å². The van der Waals surface area contributed by atoms with Gasteiger partial charge in [-0.25, -0.2) is 0 Å². The lowest BCUT2D eigenvalue weighted by Gasteiger charge is -2.17. The fourth-order valence-corrected chi connectivity index (χ4v) is 2.21. The third-order valence-corrected chi connectivity index (χ3v) is 3.12. The molecule has 0 saturated carbocycles. The van der Waals surface area contributed by atoms with Gasteiger partial charge >= 0.3 is 0 Å². The van der Waals surface area contributed by atoms with E-state index in [9.17, 15) is 9.90 Å². The molecular formula is C14H17NO2. The molecule has 90 valence electrons. The van der Waals surface area contributed by atoms with Crippen LogP contribution in [0.5, 0.6) is 0 Å². The van der Waals surface area contributed by atoms with Crippen LogP contribution in [0, 0.1) is 5.92 Å². The SMILES string of the molecule is CC=CC(O)C1CCN(c2ccccc2)C1=O. The predicted molar refractivity (Wildman–Crippen MR) is 67.7 cm³/mol. The molecule has 3 nitrogen and oxygen atoms in total. The number of aliphatic hydroxyl groups is 1. The van der Waals surface area contributed by atoms with Crippen molar-refractivity contribution < 1.29 is 9.90 Å². The van der Waals surface area contributed by atoms with Gasteiger partial charge in [0.25, 0.3) is 0 Å². The number of aliphatic hydroxyl groups excluding tert-OH is 1. The van der Waals surface area contributed by atoms with Gasteiger partial charge in [-0.05, 0) is 25.5 Å². The van der Waals surface area contributed by atoms with Crippen LogP contribution in [0.1, 0.15) is 13.3 Å². The van der Waals surface area contributed by atoms with Gasteiger partial charge in [0.15, 0.2) is 0 Å². The molecule has 1 aromatic carbocycles. The summed E-state index contributed by atoms with van der Waals surface area (Å²) in [5, 5.41) is 9.85. The number of nitrogens with zero attached hydrogens (tertiary/aromatic N) is 1. The molecule has 17 heavy (non-hydrogen) atoms. The maximum absolute atomic E-state index is 12.2. The topological polar surface area (TPSA) is 40.5 Å². The van der Waals surface area contributed by atoms with Gasteiger partial charge < -0.3 is 10.0 Å². The van der Waals surface area contributed by atoms with Gasteiger partial charge in [-0.2, -0.15) is 0 Å². The molecule has 1 aliphatic heterocycles. The molecule has 2 unspecified atom stereocenters. The fourth-order valence-electron chi connectivity index (χ4n) is 2.21. The van der Waals surface area contributed by atoms with Gasteiger partial charge in [0.05, 0.1) is 12.0 Å². The molecule has 0 aliphatic carbocycles. The first kappa shape index (κ1) is 11.9. The molecule has 0 radical (unpaired) electrons. The van der Waals surface area contributed by atoms with E-state index in [0.29, 0.717) is 13.0 Å². The van der Waals surface area contributed by atoms with Gasteiger partial charge in [0, 0.05) is 12.2 Å². The molecule has 0 aromatic heterocycles. The standard InChI is InChI=1S/C14H17NO2/c1-2-6-13(16)12-9-10-15(14(12)17)11-7-4-3-5-8-11/h2-8,12-13,16H,9-10H2,1H3. The molecule has 0 spiro atoms. The minimum Gasteiger partial charge on any atom is -0.388 e. The van der Waals surface area contributed by atoms with Crippen molar-refractivity contribution in [2.24, 2.45) is 5.92 Å². The van der Waals surface area contributed by atoms with Crippen molar-refractivity contribution in [2.45, 2.75) is 19.4 Å². The van der Waals surface area contributed by atoms with Crippen molar-refractivity contribution in [3.63, 3.8) is 0 Å². The zero-order valence-corrected chi connectivity index (χ0v) is 9.91. The van der Waals surface area contributed by atoms with Crippen molar-refractivity contribution in [3.05, 3.63) is 42.5 Å². The Bertz CT molecular complexity index is 413. The second-order valence-corrected chi connectivity index (χ2v) is 4.24. The average Bonchev–Trinajstić information content (AvgIpc) is 2.72. The van der Waals surface area contributed by atoms with E-state index in [2.05, 4.69) is 0 Å². The van der Waals surface area contributed by atoms with E-state index in [0.717, 1.165) is 5.69 Å². The minimum atomic E-state index is -0.666. The van der Waals surface area contributed by atoms with Crippen LogP contribution in [-0.4, -0.2) is 23.7 Å². The summed E-state index contributed by atoms with van der Waals surface area (Å²) in [7, 11) is 0. The third kappa shape index (κ3) is 2.39. The number of para-hydroxylation sites is 1. The summed E-state index contributed by atoms with van der Waals surface area (Å²) < 4.78 is 0. The van der Waals surface area contributed by atoms with Crippen LogP contribution in [0.3, 0.4) is 0 Å². The molecule has 2 rings (SSSR count). The maximum Gasteiger partial charge on any atom is 0.233 e. The lowest BCUT2D eigenvalue weighted by molar-refractivity contribution is -0.122. The van der Waals surface area contributed by atoms with Crippen molar-refractivity contribution in [2.75, 3.05) is 11.4 Å². The molecule has 1 aliphatic rings. The maximum atomic E-state index is 12.2. The van der Waals surface area contributed by atoms with E-state index < -0.39 is 6.10 Å². The highest BCUT2D eigenvalue weighted by molar-refractivity contribution is 5.97. The summed E-state index contributed by atoms with van der Waals surface area (Å²) in [4.78, 5) is 13.9. The number of benzene rings is 1. The van der Waals surface area contributed by atoms with Crippen LogP contribution < -0.4 is 4.90 Å². The molecule has 3 heteroatoms. The Balaban J connectivity index is 2.13. The van der Waals surface area contributed by atoms with Gasteiger partial charge in [0.1, 0.15) is 0 Å². The average molecular weight is 231 g/mol. The normalized spacial score (nSPS) is 22.4. The van der Waals surface area contributed by atoms with Gasteiger partial charge in [-0.15, -0.1) is 0 Å². The molecule has 0 bridgehead atoms. The molecule has 1 amide bonds. The van der Waals surface area contributed by atoms with E-state index >= 15 is 0 Å². The molecule has 1 N–H and O–H groups in total. The van der Waals surface area contributed by atoms with Crippen LogP contribution in [0.15, 0.2) is 42.5 Å². The Morgan fingerprint density at radius 3 is 2.76 bits per heavy atom. The molecule has 1 fully saturated rings. The Morgan fingerprint density at radius 1 is 1.41 bits per heavy atom. The van der Waals surface area contributed by atoms with Crippen LogP contribution in [0.2, 0.25) is 0 Å². The van der Waals surface area contributed by atoms with E-state index in [-0.39, 0.29) is 11.8 Å². The monoisotopic (exact) mass is 231 g/mol. The second kappa shape index (κ2) is 5.15. The molecule has 1 aromatic rings. The highest BCUT2D eigenvalue weighted by Crippen LogP contribution is 2.27. The Labute approximate surface area is 101 Å². The number of hydrogen-bond donors (Lipinski definition) is 1. The lowest BCUT2D eigenvalue weighted by Crippen LogP contribution is -2.31. The molecular weight excluding hydrogens is 214 g/mol. The van der Waals surface area contributed by atoms with E-state index in [1.165, 1.54) is 0 Å². The number of carbonyl (C=O) groups excluding carboxylic acids is 1. The second-order valence-electron chi connectivity index (χ2n) is 4.24. The zero-order chi connectivity index (χ0) is 12.3. The Hall–Kier alpha value is -1.61. The van der Waals surface area contributed by atoms with Crippen molar-refractivity contribution in [3.8, 4) is 0 Å². The van der Waals surface area contributed by atoms with Crippen molar-refractivity contribution in [1.82, 2.24) is 0 Å². The van der Waals surface area contributed by atoms with Crippen LogP contribution in [0.25, 0.3) is 0 Å². The molecule has 1 heterocycles. The largest absolute Gasteiger partial charge is 0.388 e.